The Bertz CT molecular complexity index is 1160. The molecule has 0 atom stereocenters. The molecule has 1 aromatic carbocycles. The number of benzene rings is 1. The Morgan fingerprint density at radius 2 is 2.07 bits per heavy atom. The summed E-state index contributed by atoms with van der Waals surface area (Å²) in [7, 11) is 0. The molecule has 0 saturated carbocycles. The van der Waals surface area contributed by atoms with E-state index in [4.69, 9.17) is 21.1 Å². The number of anilines is 1. The van der Waals surface area contributed by atoms with Crippen LogP contribution in [-0.4, -0.2) is 27.4 Å². The molecule has 3 aromatic heterocycles. The Hall–Kier alpha value is -3.30. The highest BCUT2D eigenvalue weighted by molar-refractivity contribution is 7.18. The minimum Gasteiger partial charge on any atom is -0.449 e. The number of nitrogens with one attached hydrogen (secondary N) is 2. The minimum absolute atomic E-state index is 0.132. The van der Waals surface area contributed by atoms with Crippen LogP contribution in [0.25, 0.3) is 22.2 Å². The average molecular weight is 404 g/mol. The largest absolute Gasteiger partial charge is 0.513 e. The second kappa shape index (κ2) is 6.78. The lowest BCUT2D eigenvalue weighted by molar-refractivity contribution is 0.103. The summed E-state index contributed by atoms with van der Waals surface area (Å²) < 4.78 is 10.4. The highest BCUT2D eigenvalue weighted by Gasteiger charge is 2.15. The zero-order valence-electron chi connectivity index (χ0n) is 13.4. The van der Waals surface area contributed by atoms with E-state index in [0.29, 0.717) is 37.3 Å². The lowest BCUT2D eigenvalue weighted by atomic mass is 10.1. The predicted molar refractivity (Wildman–Crippen MR) is 99.7 cm³/mol. The number of carboxylic acid groups (broad SMARTS) is 1. The van der Waals surface area contributed by atoms with Crippen molar-refractivity contribution in [2.75, 3.05) is 5.32 Å². The molecule has 10 heteroatoms. The lowest BCUT2D eigenvalue weighted by Gasteiger charge is -2.02. The first-order valence-corrected chi connectivity index (χ1v) is 8.75. The number of aromatic nitrogens is 2. The Labute approximate surface area is 160 Å². The molecule has 0 radical (unpaired) electrons. The topological polar surface area (TPSA) is 117 Å². The second-order valence-corrected chi connectivity index (χ2v) is 7.09. The number of rotatable bonds is 4. The molecule has 4 rings (SSSR count). The van der Waals surface area contributed by atoms with E-state index in [1.54, 1.807) is 36.4 Å². The maximum absolute atomic E-state index is 12.3. The summed E-state index contributed by atoms with van der Waals surface area (Å²) in [5, 5.41) is 19.0. The highest BCUT2D eigenvalue weighted by Crippen LogP contribution is 2.31. The standard InChI is InChI=1S/C17H10ClN3O5S/c18-13-5-4-12(27-13)16(22)19-15-9-7-8(1-2-10(9)20-21-15)11-3-6-14(25-11)26-17(23)24/h1-7H,(H,23,24)(H2,19,20,21,22). The number of hydrogen-bond acceptors (Lipinski definition) is 6. The Kier molecular flexibility index (Phi) is 4.30. The van der Waals surface area contributed by atoms with E-state index in [-0.39, 0.29) is 11.9 Å². The smallest absolute Gasteiger partial charge is 0.449 e. The molecule has 1 amide bonds. The number of thiophene rings is 1. The van der Waals surface area contributed by atoms with Gasteiger partial charge in [-0.3, -0.25) is 9.89 Å². The third-order valence-electron chi connectivity index (χ3n) is 3.65. The van der Waals surface area contributed by atoms with E-state index in [1.807, 2.05) is 0 Å². The van der Waals surface area contributed by atoms with Gasteiger partial charge < -0.3 is 19.6 Å². The molecular formula is C17H10ClN3O5S. The monoisotopic (exact) mass is 403 g/mol. The first-order valence-electron chi connectivity index (χ1n) is 7.55. The molecule has 3 heterocycles. The molecule has 0 spiro atoms. The van der Waals surface area contributed by atoms with Crippen molar-refractivity contribution >= 4 is 51.7 Å². The molecule has 136 valence electrons. The zero-order chi connectivity index (χ0) is 19.0. The van der Waals surface area contributed by atoms with Crippen molar-refractivity contribution in [1.29, 1.82) is 0 Å². The van der Waals surface area contributed by atoms with Crippen molar-refractivity contribution in [2.24, 2.45) is 0 Å². The van der Waals surface area contributed by atoms with Gasteiger partial charge in [-0.25, -0.2) is 4.79 Å². The summed E-state index contributed by atoms with van der Waals surface area (Å²) in [5.74, 6) is 0.320. The Balaban J connectivity index is 1.64. The molecule has 0 fully saturated rings. The van der Waals surface area contributed by atoms with Crippen LogP contribution in [0.5, 0.6) is 5.95 Å². The molecule has 4 aromatic rings. The molecule has 0 unspecified atom stereocenters. The summed E-state index contributed by atoms with van der Waals surface area (Å²) in [4.78, 5) is 23.4. The number of carbonyl (C=O) groups excluding carboxylic acids is 1. The average Bonchev–Trinajstić information content (AvgIpc) is 3.35. The van der Waals surface area contributed by atoms with Crippen LogP contribution in [0.2, 0.25) is 4.34 Å². The second-order valence-electron chi connectivity index (χ2n) is 5.38. The third kappa shape index (κ3) is 3.50. The highest BCUT2D eigenvalue weighted by atomic mass is 35.5. The van der Waals surface area contributed by atoms with Gasteiger partial charge in [0.1, 0.15) is 5.76 Å². The molecule has 0 aliphatic carbocycles. The molecule has 3 N–H and O–H groups in total. The molecule has 8 nitrogen and oxygen atoms in total. The van der Waals surface area contributed by atoms with E-state index in [1.165, 1.54) is 17.4 Å². The summed E-state index contributed by atoms with van der Waals surface area (Å²) in [5.41, 5.74) is 1.38. The van der Waals surface area contributed by atoms with Crippen molar-refractivity contribution in [3.8, 4) is 17.3 Å². The summed E-state index contributed by atoms with van der Waals surface area (Å²) in [6, 6.07) is 11.6. The normalized spacial score (nSPS) is 10.9. The van der Waals surface area contributed by atoms with Gasteiger partial charge >= 0.3 is 6.16 Å². The zero-order valence-corrected chi connectivity index (χ0v) is 14.9. The maximum Gasteiger partial charge on any atom is 0.513 e. The van der Waals surface area contributed by atoms with Crippen LogP contribution < -0.4 is 10.1 Å². The maximum atomic E-state index is 12.3. The van der Waals surface area contributed by atoms with Gasteiger partial charge in [0, 0.05) is 17.0 Å². The summed E-state index contributed by atoms with van der Waals surface area (Å²) in [6.07, 6.45) is -1.46. The lowest BCUT2D eigenvalue weighted by Crippen LogP contribution is -2.10. The van der Waals surface area contributed by atoms with Gasteiger partial charge in [0.05, 0.1) is 14.7 Å². The number of aromatic amines is 1. The molecule has 0 aliphatic rings. The van der Waals surface area contributed by atoms with E-state index in [9.17, 15) is 9.59 Å². The predicted octanol–water partition coefficient (Wildman–Crippen LogP) is 4.85. The number of carbonyl (C=O) groups is 2. The van der Waals surface area contributed by atoms with Gasteiger partial charge in [-0.1, -0.05) is 11.6 Å². The Morgan fingerprint density at radius 1 is 1.22 bits per heavy atom. The third-order valence-corrected chi connectivity index (χ3v) is 4.88. The van der Waals surface area contributed by atoms with E-state index in [0.717, 1.165) is 0 Å². The molecule has 0 saturated heterocycles. The number of ether oxygens (including phenoxy) is 1. The van der Waals surface area contributed by atoms with Crippen molar-refractivity contribution in [2.45, 2.75) is 0 Å². The van der Waals surface area contributed by atoms with Gasteiger partial charge in [-0.05, 0) is 36.4 Å². The molecule has 27 heavy (non-hydrogen) atoms. The number of H-pyrrole nitrogens is 1. The van der Waals surface area contributed by atoms with Crippen LogP contribution in [-0.2, 0) is 0 Å². The number of halogens is 1. The van der Waals surface area contributed by atoms with E-state index < -0.39 is 6.16 Å². The van der Waals surface area contributed by atoms with Gasteiger partial charge in [0.25, 0.3) is 11.9 Å². The number of fused-ring (bicyclic) bond motifs is 1. The summed E-state index contributed by atoms with van der Waals surface area (Å²) >= 11 is 7.03. The number of nitrogens with zero attached hydrogens (tertiary/aromatic N) is 1. The van der Waals surface area contributed by atoms with Crippen molar-refractivity contribution < 1.29 is 23.8 Å². The molecule has 0 aliphatic heterocycles. The molecular weight excluding hydrogens is 394 g/mol. The minimum atomic E-state index is -1.46. The SMILES string of the molecule is O=C(O)Oc1ccc(-c2ccc3[nH]nc(NC(=O)c4ccc(Cl)s4)c3c2)o1. The van der Waals surface area contributed by atoms with E-state index in [2.05, 4.69) is 20.3 Å². The fourth-order valence-electron chi connectivity index (χ4n) is 2.48. The quantitative estimate of drug-likeness (QED) is 0.419. The van der Waals surface area contributed by atoms with Gasteiger partial charge in [-0.2, -0.15) is 5.10 Å². The first-order chi connectivity index (χ1) is 13.0. The number of amides is 1. The van der Waals surface area contributed by atoms with Gasteiger partial charge in [0.2, 0.25) is 0 Å². The summed E-state index contributed by atoms with van der Waals surface area (Å²) in [6.45, 7) is 0. The van der Waals surface area contributed by atoms with Gasteiger partial charge in [0.15, 0.2) is 5.82 Å². The van der Waals surface area contributed by atoms with Crippen molar-refractivity contribution in [3.05, 3.63) is 51.7 Å². The number of hydrogen-bond donors (Lipinski definition) is 3. The van der Waals surface area contributed by atoms with Crippen molar-refractivity contribution in [3.63, 3.8) is 0 Å². The molecule has 0 bridgehead atoms. The fourth-order valence-corrected chi connectivity index (χ4v) is 3.42. The van der Waals surface area contributed by atoms with Crippen LogP contribution in [0.4, 0.5) is 10.6 Å². The van der Waals surface area contributed by atoms with Crippen LogP contribution >= 0.6 is 22.9 Å². The number of furan rings is 1. The fraction of sp³-hybridized carbons (Fsp3) is 0. The van der Waals surface area contributed by atoms with Crippen LogP contribution in [0.3, 0.4) is 0 Å². The van der Waals surface area contributed by atoms with E-state index >= 15 is 0 Å². The first kappa shape index (κ1) is 17.1. The van der Waals surface area contributed by atoms with Crippen LogP contribution in [0.1, 0.15) is 9.67 Å². The van der Waals surface area contributed by atoms with Crippen LogP contribution in [0, 0.1) is 0 Å². The Morgan fingerprint density at radius 3 is 2.81 bits per heavy atom. The van der Waals surface area contributed by atoms with Gasteiger partial charge in [-0.15, -0.1) is 11.3 Å². The van der Waals surface area contributed by atoms with Crippen LogP contribution in [0.15, 0.2) is 46.9 Å². The van der Waals surface area contributed by atoms with Crippen molar-refractivity contribution in [1.82, 2.24) is 10.2 Å².